The predicted molar refractivity (Wildman–Crippen MR) is 60.2 cm³/mol. The highest BCUT2D eigenvalue weighted by Crippen LogP contribution is 2.26. The van der Waals surface area contributed by atoms with Gasteiger partial charge in [0.05, 0.1) is 24.2 Å². The average Bonchev–Trinajstić information content (AvgIpc) is 2.27. The predicted octanol–water partition coefficient (Wildman–Crippen LogP) is 2.17. The van der Waals surface area contributed by atoms with Gasteiger partial charge in [-0.25, -0.2) is 4.79 Å². The van der Waals surface area contributed by atoms with Crippen molar-refractivity contribution in [2.45, 2.75) is 20.0 Å². The highest BCUT2D eigenvalue weighted by atomic mass is 16.6. The van der Waals surface area contributed by atoms with Crippen LogP contribution in [0.4, 0.5) is 5.69 Å². The second-order valence-electron chi connectivity index (χ2n) is 3.60. The molecule has 0 aromatic heterocycles. The number of nitro benzene ring substituents is 1. The van der Waals surface area contributed by atoms with E-state index >= 15 is 0 Å². The number of hydrogen-bond donors (Lipinski definition) is 0. The number of rotatable bonds is 4. The first-order chi connectivity index (χ1) is 7.95. The number of methoxy groups -OCH3 is 1. The van der Waals surface area contributed by atoms with Gasteiger partial charge in [-0.15, -0.1) is 0 Å². The fourth-order valence-corrected chi connectivity index (χ4v) is 1.25. The molecule has 0 saturated heterocycles. The molecule has 1 rings (SSSR count). The van der Waals surface area contributed by atoms with Crippen LogP contribution in [0, 0.1) is 10.1 Å². The molecular formula is C11H13NO5. The summed E-state index contributed by atoms with van der Waals surface area (Å²) in [4.78, 5) is 21.5. The quantitative estimate of drug-likeness (QED) is 0.457. The van der Waals surface area contributed by atoms with Gasteiger partial charge < -0.3 is 9.47 Å². The van der Waals surface area contributed by atoms with Gasteiger partial charge in [0.2, 0.25) is 0 Å². The molecule has 6 heteroatoms. The van der Waals surface area contributed by atoms with Crippen molar-refractivity contribution in [3.05, 3.63) is 33.9 Å². The lowest BCUT2D eigenvalue weighted by Gasteiger charge is -2.12. The third-order valence-corrected chi connectivity index (χ3v) is 1.94. The van der Waals surface area contributed by atoms with Crippen LogP contribution in [0.2, 0.25) is 0 Å². The maximum absolute atomic E-state index is 11.4. The summed E-state index contributed by atoms with van der Waals surface area (Å²) in [6.07, 6.45) is -0.194. The molecule has 1 aromatic rings. The Kier molecular flexibility index (Phi) is 4.03. The maximum Gasteiger partial charge on any atom is 0.341 e. The van der Waals surface area contributed by atoms with Crippen LogP contribution in [0.1, 0.15) is 24.2 Å². The Hall–Kier alpha value is -2.11. The van der Waals surface area contributed by atoms with Gasteiger partial charge in [-0.05, 0) is 19.9 Å². The molecule has 0 aliphatic rings. The molecule has 0 saturated carbocycles. The van der Waals surface area contributed by atoms with Crippen molar-refractivity contribution in [2.75, 3.05) is 7.11 Å². The van der Waals surface area contributed by atoms with E-state index in [1.807, 2.05) is 0 Å². The zero-order chi connectivity index (χ0) is 13.0. The van der Waals surface area contributed by atoms with Gasteiger partial charge in [0, 0.05) is 6.07 Å². The monoisotopic (exact) mass is 239 g/mol. The fraction of sp³-hybridized carbons (Fsp3) is 0.364. The highest BCUT2D eigenvalue weighted by molar-refractivity contribution is 5.92. The molecule has 0 unspecified atom stereocenters. The lowest BCUT2D eigenvalue weighted by Crippen LogP contribution is -2.11. The minimum Gasteiger partial charge on any atom is -0.490 e. The SMILES string of the molecule is COC(=O)c1ccc([N+](=O)[O-])cc1OC(C)C. The molecule has 0 radical (unpaired) electrons. The third-order valence-electron chi connectivity index (χ3n) is 1.94. The molecule has 92 valence electrons. The molecule has 1 aromatic carbocycles. The van der Waals surface area contributed by atoms with E-state index in [0.717, 1.165) is 0 Å². The molecule has 0 atom stereocenters. The minimum absolute atomic E-state index is 0.131. The first-order valence-corrected chi connectivity index (χ1v) is 4.99. The van der Waals surface area contributed by atoms with Crippen molar-refractivity contribution in [1.29, 1.82) is 0 Å². The van der Waals surface area contributed by atoms with Gasteiger partial charge in [0.25, 0.3) is 5.69 Å². The maximum atomic E-state index is 11.4. The van der Waals surface area contributed by atoms with Gasteiger partial charge in [0.15, 0.2) is 0 Å². The summed E-state index contributed by atoms with van der Waals surface area (Å²) in [5.41, 5.74) is 0.0418. The Labute approximate surface area is 98.3 Å². The van der Waals surface area contributed by atoms with E-state index in [9.17, 15) is 14.9 Å². The number of nitrogens with zero attached hydrogens (tertiary/aromatic N) is 1. The van der Waals surface area contributed by atoms with E-state index in [4.69, 9.17) is 4.74 Å². The fourth-order valence-electron chi connectivity index (χ4n) is 1.25. The van der Waals surface area contributed by atoms with E-state index in [2.05, 4.69) is 4.74 Å². The number of benzene rings is 1. The van der Waals surface area contributed by atoms with Crippen molar-refractivity contribution in [3.63, 3.8) is 0 Å². The van der Waals surface area contributed by atoms with Crippen LogP contribution in [-0.2, 0) is 4.74 Å². The minimum atomic E-state index is -0.587. The Morgan fingerprint density at radius 3 is 2.53 bits per heavy atom. The summed E-state index contributed by atoms with van der Waals surface area (Å²) >= 11 is 0. The summed E-state index contributed by atoms with van der Waals surface area (Å²) in [7, 11) is 1.24. The van der Waals surface area contributed by atoms with Crippen LogP contribution < -0.4 is 4.74 Å². The number of nitro groups is 1. The molecule has 6 nitrogen and oxygen atoms in total. The number of non-ortho nitro benzene ring substituents is 1. The Bertz CT molecular complexity index is 441. The van der Waals surface area contributed by atoms with E-state index in [-0.39, 0.29) is 23.1 Å². The van der Waals surface area contributed by atoms with Crippen LogP contribution in [0.25, 0.3) is 0 Å². The number of carbonyl (C=O) groups excluding carboxylic acids is 1. The summed E-state index contributed by atoms with van der Waals surface area (Å²) in [5, 5.41) is 10.6. The molecule has 0 N–H and O–H groups in total. The topological polar surface area (TPSA) is 78.7 Å². The van der Waals surface area contributed by atoms with E-state index in [1.165, 1.54) is 25.3 Å². The van der Waals surface area contributed by atoms with Gasteiger partial charge >= 0.3 is 5.97 Å². The van der Waals surface area contributed by atoms with E-state index < -0.39 is 10.9 Å². The lowest BCUT2D eigenvalue weighted by atomic mass is 10.2. The summed E-state index contributed by atoms with van der Waals surface area (Å²) in [6, 6.07) is 3.77. The van der Waals surface area contributed by atoms with Crippen LogP contribution in [0.5, 0.6) is 5.75 Å². The highest BCUT2D eigenvalue weighted by Gasteiger charge is 2.18. The summed E-state index contributed by atoms with van der Waals surface area (Å²) in [5.74, 6) is -0.434. The normalized spacial score (nSPS) is 10.1. The largest absolute Gasteiger partial charge is 0.490 e. The number of esters is 1. The zero-order valence-electron chi connectivity index (χ0n) is 9.80. The van der Waals surface area contributed by atoms with E-state index in [1.54, 1.807) is 13.8 Å². The Morgan fingerprint density at radius 1 is 1.41 bits per heavy atom. The molecule has 0 aliphatic heterocycles. The van der Waals surface area contributed by atoms with Crippen LogP contribution in [0.3, 0.4) is 0 Å². The average molecular weight is 239 g/mol. The van der Waals surface area contributed by atoms with Crippen LogP contribution in [0.15, 0.2) is 18.2 Å². The van der Waals surface area contributed by atoms with Crippen molar-refractivity contribution >= 4 is 11.7 Å². The first kappa shape index (κ1) is 13.0. The lowest BCUT2D eigenvalue weighted by molar-refractivity contribution is -0.384. The van der Waals surface area contributed by atoms with E-state index in [0.29, 0.717) is 0 Å². The van der Waals surface area contributed by atoms with Gasteiger partial charge in [-0.2, -0.15) is 0 Å². The summed E-state index contributed by atoms with van der Waals surface area (Å²) in [6.45, 7) is 3.53. The first-order valence-electron chi connectivity index (χ1n) is 4.99. The molecule has 17 heavy (non-hydrogen) atoms. The zero-order valence-corrected chi connectivity index (χ0v) is 9.80. The molecule has 0 spiro atoms. The molecule has 0 heterocycles. The van der Waals surface area contributed by atoms with Gasteiger partial charge in [-0.3, -0.25) is 10.1 Å². The molecular weight excluding hydrogens is 226 g/mol. The van der Waals surface area contributed by atoms with Crippen molar-refractivity contribution < 1.29 is 19.2 Å². The number of ether oxygens (including phenoxy) is 2. The van der Waals surface area contributed by atoms with Crippen molar-refractivity contribution in [1.82, 2.24) is 0 Å². The van der Waals surface area contributed by atoms with Crippen LogP contribution >= 0.6 is 0 Å². The Morgan fingerprint density at radius 2 is 2.06 bits per heavy atom. The third kappa shape index (κ3) is 3.17. The second-order valence-corrected chi connectivity index (χ2v) is 3.60. The van der Waals surface area contributed by atoms with Gasteiger partial charge in [-0.1, -0.05) is 0 Å². The van der Waals surface area contributed by atoms with Crippen molar-refractivity contribution in [2.24, 2.45) is 0 Å². The smallest absolute Gasteiger partial charge is 0.341 e. The molecule has 0 bridgehead atoms. The van der Waals surface area contributed by atoms with Gasteiger partial charge in [0.1, 0.15) is 11.3 Å². The van der Waals surface area contributed by atoms with Crippen LogP contribution in [-0.4, -0.2) is 24.1 Å². The molecule has 0 amide bonds. The Balaban J connectivity index is 3.21. The number of hydrogen-bond acceptors (Lipinski definition) is 5. The van der Waals surface area contributed by atoms with Crippen molar-refractivity contribution in [3.8, 4) is 5.75 Å². The standard InChI is InChI=1S/C11H13NO5/c1-7(2)17-10-6-8(12(14)15)4-5-9(10)11(13)16-3/h4-7H,1-3H3. The summed E-state index contributed by atoms with van der Waals surface area (Å²) < 4.78 is 9.92. The molecule has 0 aliphatic carbocycles. The number of carbonyl (C=O) groups is 1. The second kappa shape index (κ2) is 5.29. The molecule has 0 fully saturated rings.